The molecule has 1 aromatic rings. The van der Waals surface area contributed by atoms with Gasteiger partial charge in [0.2, 0.25) is 5.79 Å². The molecule has 2 aliphatic heterocycles. The molecule has 9 heteroatoms. The molecule has 1 aromatic heterocycles. The monoisotopic (exact) mass is 526 g/mol. The second-order valence-corrected chi connectivity index (χ2v) is 10.8. The van der Waals surface area contributed by atoms with Crippen LogP contribution in [0.2, 0.25) is 0 Å². The first-order chi connectivity index (χ1) is 17.2. The zero-order valence-electron chi connectivity index (χ0n) is 22.2. The summed E-state index contributed by atoms with van der Waals surface area (Å²) in [5.41, 5.74) is 0.919. The molecular weight excluding hydrogens is 484 g/mol. The Labute approximate surface area is 218 Å². The average molecular weight is 527 g/mol. The molecule has 3 rings (SSSR count). The minimum absolute atomic E-state index is 0.140. The zero-order valence-corrected chi connectivity index (χ0v) is 23.0. The van der Waals surface area contributed by atoms with Crippen molar-refractivity contribution >= 4 is 17.3 Å². The van der Waals surface area contributed by atoms with Crippen LogP contribution in [-0.2, 0) is 28.5 Å². The first-order valence-corrected chi connectivity index (χ1v) is 13.7. The number of methoxy groups -OCH3 is 3. The molecule has 2 bridgehead atoms. The Bertz CT molecular complexity index is 845. The molecule has 3 heterocycles. The van der Waals surface area contributed by atoms with Crippen LogP contribution in [0.5, 0.6) is 0 Å². The first kappa shape index (κ1) is 29.2. The Morgan fingerprint density at radius 2 is 1.78 bits per heavy atom. The Hall–Kier alpha value is -1.33. The Balaban J connectivity index is 1.99. The third-order valence-electron chi connectivity index (χ3n) is 7.77. The minimum atomic E-state index is -2.07. The lowest BCUT2D eigenvalue weighted by Gasteiger charge is -2.51. The van der Waals surface area contributed by atoms with E-state index in [1.54, 1.807) is 21.1 Å². The zero-order chi connectivity index (χ0) is 26.5. The van der Waals surface area contributed by atoms with E-state index in [1.807, 2.05) is 42.8 Å². The largest absolute Gasteiger partial charge is 0.457 e. The standard InChI is InChI=1S/C27H42O8S/c1-16-11-12-22(32-5)21(31-4)10-8-7-9-20(19-13-14-36-15-19)34-26(29)18(3)27(30)25(33-6)23(28)17(2)24(16)35-27/h11-18,20-25,28,30H,7-10H2,1-6H3/b12-11+/t16-,17-,18+,20+,21-,22+,23-,24-,25+,27+/m0/s1. The SMILES string of the molecule is CO[C@H]1CCCC[C@H](c2ccsc2)OC(=O)[C@@H](C)[C@@]2(O)O[C@H]([C@@H](C)[C@H](O)[C@H]2OC)[C@@H](C)/C=C/[C@H]1OC. The van der Waals surface area contributed by atoms with Crippen LogP contribution in [0.3, 0.4) is 0 Å². The van der Waals surface area contributed by atoms with E-state index in [2.05, 4.69) is 0 Å². The van der Waals surface area contributed by atoms with Gasteiger partial charge in [0, 0.05) is 38.7 Å². The van der Waals surface area contributed by atoms with Crippen molar-refractivity contribution < 1.29 is 38.7 Å². The molecule has 0 amide bonds. The van der Waals surface area contributed by atoms with Gasteiger partial charge < -0.3 is 33.9 Å². The number of rotatable bonds is 4. The van der Waals surface area contributed by atoms with Crippen molar-refractivity contribution in [1.29, 1.82) is 0 Å². The number of esters is 1. The molecule has 10 atom stereocenters. The van der Waals surface area contributed by atoms with Crippen molar-refractivity contribution in [3.8, 4) is 0 Å². The summed E-state index contributed by atoms with van der Waals surface area (Å²) in [6.45, 7) is 5.36. The summed E-state index contributed by atoms with van der Waals surface area (Å²) < 4.78 is 29.2. The molecule has 0 saturated carbocycles. The van der Waals surface area contributed by atoms with E-state index in [-0.39, 0.29) is 24.0 Å². The molecule has 2 N–H and O–H groups in total. The smallest absolute Gasteiger partial charge is 0.314 e. The second-order valence-electron chi connectivity index (χ2n) is 10.0. The number of cyclic esters (lactones) is 1. The number of carbonyl (C=O) groups is 1. The van der Waals surface area contributed by atoms with Gasteiger partial charge in [-0.25, -0.2) is 0 Å². The molecular formula is C27H42O8S. The molecule has 0 unspecified atom stereocenters. The highest BCUT2D eigenvalue weighted by Crippen LogP contribution is 2.42. The van der Waals surface area contributed by atoms with E-state index in [0.29, 0.717) is 6.42 Å². The Kier molecular flexibility index (Phi) is 10.5. The fraction of sp³-hybridized carbons (Fsp3) is 0.741. The molecule has 8 nitrogen and oxygen atoms in total. The number of aliphatic hydroxyl groups excluding tert-OH is 1. The maximum absolute atomic E-state index is 13.4. The van der Waals surface area contributed by atoms with E-state index < -0.39 is 42.1 Å². The van der Waals surface area contributed by atoms with Crippen LogP contribution in [0.25, 0.3) is 0 Å². The first-order valence-electron chi connectivity index (χ1n) is 12.7. The predicted octanol–water partition coefficient (Wildman–Crippen LogP) is 3.86. The van der Waals surface area contributed by atoms with Crippen LogP contribution in [0, 0.1) is 17.8 Å². The topological polar surface area (TPSA) is 104 Å². The van der Waals surface area contributed by atoms with E-state index in [9.17, 15) is 15.0 Å². The van der Waals surface area contributed by atoms with E-state index in [4.69, 9.17) is 23.7 Å². The maximum atomic E-state index is 13.4. The van der Waals surface area contributed by atoms with Crippen LogP contribution in [0.4, 0.5) is 0 Å². The maximum Gasteiger partial charge on any atom is 0.314 e. The molecule has 1 saturated heterocycles. The number of hydrogen-bond acceptors (Lipinski definition) is 9. The number of thiophene rings is 1. The van der Waals surface area contributed by atoms with Gasteiger partial charge in [-0.15, -0.1) is 0 Å². The van der Waals surface area contributed by atoms with E-state index in [1.165, 1.54) is 18.4 Å². The molecule has 2 aliphatic rings. The summed E-state index contributed by atoms with van der Waals surface area (Å²) in [6, 6.07) is 1.95. The van der Waals surface area contributed by atoms with Gasteiger partial charge in [-0.2, -0.15) is 11.3 Å². The van der Waals surface area contributed by atoms with E-state index in [0.717, 1.165) is 24.8 Å². The normalized spacial score (nSPS) is 42.0. The minimum Gasteiger partial charge on any atom is -0.457 e. The van der Waals surface area contributed by atoms with E-state index >= 15 is 0 Å². The van der Waals surface area contributed by atoms with Crippen molar-refractivity contribution in [3.05, 3.63) is 34.5 Å². The van der Waals surface area contributed by atoms with Crippen molar-refractivity contribution in [1.82, 2.24) is 0 Å². The summed E-state index contributed by atoms with van der Waals surface area (Å²) in [5, 5.41) is 26.8. The van der Waals surface area contributed by atoms with Gasteiger partial charge >= 0.3 is 5.97 Å². The fourth-order valence-corrected chi connectivity index (χ4v) is 6.05. The number of ether oxygens (including phenoxy) is 5. The summed E-state index contributed by atoms with van der Waals surface area (Å²) in [7, 11) is 4.73. The summed E-state index contributed by atoms with van der Waals surface area (Å²) in [5.74, 6) is -4.34. The molecule has 204 valence electrons. The number of aliphatic hydroxyl groups is 2. The van der Waals surface area contributed by atoms with Crippen LogP contribution in [-0.4, -0.2) is 73.8 Å². The average Bonchev–Trinajstić information content (AvgIpc) is 3.40. The van der Waals surface area contributed by atoms with Crippen molar-refractivity contribution in [2.75, 3.05) is 21.3 Å². The van der Waals surface area contributed by atoms with Gasteiger partial charge in [-0.05, 0) is 43.0 Å². The number of fused-ring (bicyclic) bond motifs is 2. The quantitative estimate of drug-likeness (QED) is 0.450. The van der Waals surface area contributed by atoms with Crippen molar-refractivity contribution in [2.24, 2.45) is 17.8 Å². The molecule has 0 radical (unpaired) electrons. The third kappa shape index (κ3) is 6.20. The van der Waals surface area contributed by atoms with Gasteiger partial charge in [0.15, 0.2) is 0 Å². The van der Waals surface area contributed by atoms with Gasteiger partial charge in [0.25, 0.3) is 0 Å². The van der Waals surface area contributed by atoms with Crippen LogP contribution >= 0.6 is 11.3 Å². The highest BCUT2D eigenvalue weighted by Gasteiger charge is 2.58. The predicted molar refractivity (Wildman–Crippen MR) is 136 cm³/mol. The highest BCUT2D eigenvalue weighted by molar-refractivity contribution is 7.07. The Morgan fingerprint density at radius 3 is 2.39 bits per heavy atom. The van der Waals surface area contributed by atoms with Gasteiger partial charge in [-0.1, -0.05) is 32.4 Å². The van der Waals surface area contributed by atoms with Crippen molar-refractivity contribution in [2.45, 2.75) is 88.9 Å². The summed E-state index contributed by atoms with van der Waals surface area (Å²) in [4.78, 5) is 13.4. The lowest BCUT2D eigenvalue weighted by atomic mass is 9.78. The molecule has 0 spiro atoms. The second kappa shape index (κ2) is 13.0. The summed E-state index contributed by atoms with van der Waals surface area (Å²) in [6.07, 6.45) is 3.42. The molecule has 0 aliphatic carbocycles. The number of carbonyl (C=O) groups excluding carboxylic acids is 1. The molecule has 1 fully saturated rings. The van der Waals surface area contributed by atoms with Gasteiger partial charge in [-0.3, -0.25) is 4.79 Å². The highest BCUT2D eigenvalue weighted by atomic mass is 32.1. The molecule has 36 heavy (non-hydrogen) atoms. The van der Waals surface area contributed by atoms with Crippen LogP contribution in [0.1, 0.15) is 58.1 Å². The number of hydrogen-bond donors (Lipinski definition) is 2. The summed E-state index contributed by atoms with van der Waals surface area (Å²) >= 11 is 1.54. The third-order valence-corrected chi connectivity index (χ3v) is 8.47. The Morgan fingerprint density at radius 1 is 1.06 bits per heavy atom. The molecule has 0 aromatic carbocycles. The fourth-order valence-electron chi connectivity index (χ4n) is 5.35. The van der Waals surface area contributed by atoms with Crippen LogP contribution < -0.4 is 0 Å². The lowest BCUT2D eigenvalue weighted by Crippen LogP contribution is -2.66. The van der Waals surface area contributed by atoms with Crippen molar-refractivity contribution in [3.63, 3.8) is 0 Å². The van der Waals surface area contributed by atoms with Gasteiger partial charge in [0.1, 0.15) is 24.2 Å². The van der Waals surface area contributed by atoms with Gasteiger partial charge in [0.05, 0.1) is 18.3 Å². The van der Waals surface area contributed by atoms with Crippen LogP contribution in [0.15, 0.2) is 29.0 Å². The lowest BCUT2D eigenvalue weighted by molar-refractivity contribution is -0.360.